The molecule has 0 saturated carbocycles. The molecule has 21 heavy (non-hydrogen) atoms. The van der Waals surface area contributed by atoms with Gasteiger partial charge in [-0.25, -0.2) is 8.42 Å². The summed E-state index contributed by atoms with van der Waals surface area (Å²) in [6.07, 6.45) is -0.947. The second kappa shape index (κ2) is 6.71. The molecule has 0 amide bonds. The smallest absolute Gasteiger partial charge is 0.208 e. The highest BCUT2D eigenvalue weighted by molar-refractivity contribution is 7.91. The summed E-state index contributed by atoms with van der Waals surface area (Å²) in [5.41, 5.74) is 0.397. The quantitative estimate of drug-likeness (QED) is 0.748. The van der Waals surface area contributed by atoms with Crippen LogP contribution in [0, 0.1) is 0 Å². The number of anilines is 1. The van der Waals surface area contributed by atoms with E-state index < -0.39 is 15.9 Å². The van der Waals surface area contributed by atoms with Crippen molar-refractivity contribution in [3.05, 3.63) is 54.6 Å². The highest BCUT2D eigenvalue weighted by Crippen LogP contribution is 2.27. The molecule has 0 saturated heterocycles. The lowest BCUT2D eigenvalue weighted by molar-refractivity contribution is 0.105. The average Bonchev–Trinajstić information content (AvgIpc) is 2.53. The number of rotatable bonds is 6. The van der Waals surface area contributed by atoms with Crippen LogP contribution in [0.25, 0.3) is 0 Å². The van der Waals surface area contributed by atoms with E-state index in [0.717, 1.165) is 0 Å². The second-order valence-electron chi connectivity index (χ2n) is 4.53. The van der Waals surface area contributed by atoms with Crippen LogP contribution in [-0.4, -0.2) is 37.9 Å². The molecular formula is C15H17NO4S. The van der Waals surface area contributed by atoms with Gasteiger partial charge in [-0.15, -0.1) is 0 Å². The number of hydrogen-bond donors (Lipinski definition) is 3. The Morgan fingerprint density at radius 2 is 1.62 bits per heavy atom. The monoisotopic (exact) mass is 307 g/mol. The van der Waals surface area contributed by atoms with Crippen molar-refractivity contribution in [2.75, 3.05) is 18.5 Å². The number of benzene rings is 2. The van der Waals surface area contributed by atoms with Crippen LogP contribution in [0.5, 0.6) is 0 Å². The number of nitrogens with one attached hydrogen (secondary N) is 1. The molecule has 1 unspecified atom stereocenters. The van der Waals surface area contributed by atoms with E-state index in [1.807, 2.05) is 0 Å². The van der Waals surface area contributed by atoms with Gasteiger partial charge in [0.2, 0.25) is 9.84 Å². The standard InChI is InChI=1S/C15H17NO4S/c17-11-12(18)10-16-14-8-4-5-9-15(14)21(19,20)13-6-2-1-3-7-13/h1-9,12,16-18H,10-11H2. The van der Waals surface area contributed by atoms with E-state index in [9.17, 15) is 13.5 Å². The maximum atomic E-state index is 12.6. The third-order valence-electron chi connectivity index (χ3n) is 2.97. The molecule has 2 aromatic carbocycles. The molecule has 6 heteroatoms. The van der Waals surface area contributed by atoms with Crippen molar-refractivity contribution in [1.82, 2.24) is 0 Å². The summed E-state index contributed by atoms with van der Waals surface area (Å²) in [5.74, 6) is 0. The fourth-order valence-electron chi connectivity index (χ4n) is 1.87. The van der Waals surface area contributed by atoms with Crippen LogP contribution in [0.15, 0.2) is 64.4 Å². The zero-order valence-corrected chi connectivity index (χ0v) is 12.1. The largest absolute Gasteiger partial charge is 0.394 e. The van der Waals surface area contributed by atoms with Gasteiger partial charge in [0.15, 0.2) is 0 Å². The summed E-state index contributed by atoms with van der Waals surface area (Å²) in [4.78, 5) is 0.350. The summed E-state index contributed by atoms with van der Waals surface area (Å²) in [6.45, 7) is -0.321. The van der Waals surface area contributed by atoms with Crippen LogP contribution >= 0.6 is 0 Å². The molecule has 0 radical (unpaired) electrons. The molecule has 0 aromatic heterocycles. The van der Waals surface area contributed by atoms with Crippen LogP contribution in [0.2, 0.25) is 0 Å². The van der Waals surface area contributed by atoms with Crippen LogP contribution in [0.3, 0.4) is 0 Å². The van der Waals surface area contributed by atoms with Crippen molar-refractivity contribution in [2.45, 2.75) is 15.9 Å². The Kier molecular flexibility index (Phi) is 4.95. The normalized spacial score (nSPS) is 12.9. The minimum Gasteiger partial charge on any atom is -0.394 e. The Morgan fingerprint density at radius 3 is 2.29 bits per heavy atom. The summed E-state index contributed by atoms with van der Waals surface area (Å²) >= 11 is 0. The Balaban J connectivity index is 2.36. The van der Waals surface area contributed by atoms with E-state index >= 15 is 0 Å². The minimum atomic E-state index is -3.63. The van der Waals surface area contributed by atoms with E-state index in [4.69, 9.17) is 5.11 Å². The van der Waals surface area contributed by atoms with Gasteiger partial charge in [-0.05, 0) is 24.3 Å². The molecular weight excluding hydrogens is 290 g/mol. The van der Waals surface area contributed by atoms with Crippen molar-refractivity contribution in [1.29, 1.82) is 0 Å². The molecule has 2 aromatic rings. The summed E-state index contributed by atoms with van der Waals surface area (Å²) in [6, 6.07) is 14.6. The van der Waals surface area contributed by atoms with Gasteiger partial charge in [0.25, 0.3) is 0 Å². The number of aliphatic hydroxyl groups excluding tert-OH is 2. The zero-order chi connectivity index (χ0) is 15.3. The Morgan fingerprint density at radius 1 is 1.00 bits per heavy atom. The molecule has 0 spiro atoms. The zero-order valence-electron chi connectivity index (χ0n) is 11.3. The molecule has 1 atom stereocenters. The maximum Gasteiger partial charge on any atom is 0.208 e. The van der Waals surface area contributed by atoms with Crippen molar-refractivity contribution >= 4 is 15.5 Å². The summed E-state index contributed by atoms with van der Waals surface area (Å²) in [5, 5.41) is 21.0. The van der Waals surface area contributed by atoms with Gasteiger partial charge in [-0.2, -0.15) is 0 Å². The maximum absolute atomic E-state index is 12.6. The molecule has 0 fully saturated rings. The Labute approximate surface area is 123 Å². The summed E-state index contributed by atoms with van der Waals surface area (Å²) in [7, 11) is -3.63. The van der Waals surface area contributed by atoms with Gasteiger partial charge in [0, 0.05) is 6.54 Å². The van der Waals surface area contributed by atoms with Gasteiger partial charge in [0.1, 0.15) is 0 Å². The Hall–Kier alpha value is -1.89. The van der Waals surface area contributed by atoms with Crippen LogP contribution in [0.4, 0.5) is 5.69 Å². The van der Waals surface area contributed by atoms with Crippen molar-refractivity contribution in [3.8, 4) is 0 Å². The third-order valence-corrected chi connectivity index (χ3v) is 4.80. The van der Waals surface area contributed by atoms with Crippen LogP contribution in [-0.2, 0) is 9.84 Å². The topological polar surface area (TPSA) is 86.6 Å². The second-order valence-corrected chi connectivity index (χ2v) is 6.45. The van der Waals surface area contributed by atoms with Gasteiger partial charge in [-0.3, -0.25) is 0 Å². The first kappa shape index (κ1) is 15.5. The number of aliphatic hydroxyl groups is 2. The first-order valence-corrected chi connectivity index (χ1v) is 7.96. The molecule has 2 rings (SSSR count). The van der Waals surface area contributed by atoms with E-state index in [-0.39, 0.29) is 22.9 Å². The molecule has 112 valence electrons. The van der Waals surface area contributed by atoms with Crippen LogP contribution < -0.4 is 5.32 Å². The molecule has 3 N–H and O–H groups in total. The molecule has 0 heterocycles. The number of hydrogen-bond acceptors (Lipinski definition) is 5. The SMILES string of the molecule is O=S(=O)(c1ccccc1)c1ccccc1NCC(O)CO. The highest BCUT2D eigenvalue weighted by Gasteiger charge is 2.20. The van der Waals surface area contributed by atoms with Crippen molar-refractivity contribution < 1.29 is 18.6 Å². The lowest BCUT2D eigenvalue weighted by Gasteiger charge is -2.14. The number of sulfone groups is 1. The molecule has 0 aliphatic carbocycles. The fourth-order valence-corrected chi connectivity index (χ4v) is 3.32. The molecule has 0 aliphatic heterocycles. The molecule has 5 nitrogen and oxygen atoms in total. The van der Waals surface area contributed by atoms with E-state index in [2.05, 4.69) is 5.32 Å². The molecule has 0 bridgehead atoms. The first-order chi connectivity index (χ1) is 10.1. The van der Waals surface area contributed by atoms with E-state index in [1.54, 1.807) is 36.4 Å². The summed E-state index contributed by atoms with van der Waals surface area (Å²) < 4.78 is 25.2. The van der Waals surface area contributed by atoms with Gasteiger partial charge >= 0.3 is 0 Å². The lowest BCUT2D eigenvalue weighted by Crippen LogP contribution is -2.23. The average molecular weight is 307 g/mol. The first-order valence-electron chi connectivity index (χ1n) is 6.47. The predicted octanol–water partition coefficient (Wildman–Crippen LogP) is 1.28. The van der Waals surface area contributed by atoms with E-state index in [1.165, 1.54) is 18.2 Å². The molecule has 0 aliphatic rings. The van der Waals surface area contributed by atoms with Crippen LogP contribution in [0.1, 0.15) is 0 Å². The predicted molar refractivity (Wildman–Crippen MR) is 79.9 cm³/mol. The van der Waals surface area contributed by atoms with Crippen molar-refractivity contribution in [2.24, 2.45) is 0 Å². The Bertz CT molecular complexity index is 686. The van der Waals surface area contributed by atoms with Gasteiger partial charge in [0.05, 0.1) is 28.2 Å². The third kappa shape index (κ3) is 3.60. The lowest BCUT2D eigenvalue weighted by atomic mass is 10.3. The van der Waals surface area contributed by atoms with Gasteiger partial charge in [-0.1, -0.05) is 30.3 Å². The highest BCUT2D eigenvalue weighted by atomic mass is 32.2. The van der Waals surface area contributed by atoms with Crippen molar-refractivity contribution in [3.63, 3.8) is 0 Å². The van der Waals surface area contributed by atoms with E-state index in [0.29, 0.717) is 5.69 Å². The number of para-hydroxylation sites is 1. The van der Waals surface area contributed by atoms with Gasteiger partial charge < -0.3 is 15.5 Å². The fraction of sp³-hybridized carbons (Fsp3) is 0.200. The minimum absolute atomic E-state index is 0.0673.